The highest BCUT2D eigenvalue weighted by molar-refractivity contribution is 6.03. The summed E-state index contributed by atoms with van der Waals surface area (Å²) in [5.41, 5.74) is -0.537. The van der Waals surface area contributed by atoms with Crippen LogP contribution in [0.1, 0.15) is 29.0 Å². The third kappa shape index (κ3) is 4.30. The van der Waals surface area contributed by atoms with Crippen LogP contribution >= 0.6 is 0 Å². The minimum atomic E-state index is -0.884. The van der Waals surface area contributed by atoms with E-state index in [0.29, 0.717) is 0 Å². The van der Waals surface area contributed by atoms with E-state index in [0.717, 1.165) is 0 Å². The molecule has 0 radical (unpaired) electrons. The number of amides is 1. The van der Waals surface area contributed by atoms with Crippen LogP contribution < -0.4 is 5.56 Å². The lowest BCUT2D eigenvalue weighted by Crippen LogP contribution is -2.36. The second-order valence-corrected chi connectivity index (χ2v) is 5.65. The van der Waals surface area contributed by atoms with Gasteiger partial charge in [0, 0.05) is 20.1 Å². The smallest absolute Gasteiger partial charge is 0.343 e. The molecule has 2 aromatic heterocycles. The average molecular weight is 371 g/mol. The normalized spacial score (nSPS) is 10.2. The zero-order valence-corrected chi connectivity index (χ0v) is 14.9. The van der Waals surface area contributed by atoms with Crippen LogP contribution in [-0.2, 0) is 16.6 Å². The topological polar surface area (TPSA) is 142 Å². The molecule has 140 valence electrons. The van der Waals surface area contributed by atoms with Crippen molar-refractivity contribution in [2.24, 2.45) is 7.05 Å². The van der Waals surface area contributed by atoms with Gasteiger partial charge in [0.2, 0.25) is 5.71 Å². The Morgan fingerprint density at radius 1 is 1.30 bits per heavy atom. The quantitative estimate of drug-likeness (QED) is 0.646. The second-order valence-electron chi connectivity index (χ2n) is 5.65. The van der Waals surface area contributed by atoms with Crippen molar-refractivity contribution in [1.82, 2.24) is 14.5 Å². The van der Waals surface area contributed by atoms with Gasteiger partial charge < -0.3 is 18.6 Å². The van der Waals surface area contributed by atoms with Gasteiger partial charge in [-0.2, -0.15) is 10.5 Å². The molecule has 27 heavy (non-hydrogen) atoms. The zero-order chi connectivity index (χ0) is 20.0. The number of aromatic nitrogens is 2. The molecule has 0 aliphatic rings. The Morgan fingerprint density at radius 3 is 2.52 bits per heavy atom. The van der Waals surface area contributed by atoms with Gasteiger partial charge in [-0.1, -0.05) is 0 Å². The molecule has 0 aliphatic heterocycles. The number of nitriles is 2. The van der Waals surface area contributed by atoms with Crippen LogP contribution in [0.15, 0.2) is 15.5 Å². The van der Waals surface area contributed by atoms with E-state index in [4.69, 9.17) is 19.7 Å². The first-order chi connectivity index (χ1) is 12.9. The first kappa shape index (κ1) is 19.7. The van der Waals surface area contributed by atoms with Crippen molar-refractivity contribution >= 4 is 23.0 Å². The number of esters is 1. The molecule has 0 saturated carbocycles. The van der Waals surface area contributed by atoms with Crippen LogP contribution in [-0.4, -0.2) is 46.0 Å². The third-order valence-corrected chi connectivity index (χ3v) is 3.82. The molecule has 0 unspecified atom stereocenters. The Bertz CT molecular complexity index is 990. The van der Waals surface area contributed by atoms with Gasteiger partial charge in [0.05, 0.1) is 25.0 Å². The lowest BCUT2D eigenvalue weighted by molar-refractivity contribution is -0.134. The summed E-state index contributed by atoms with van der Waals surface area (Å²) in [4.78, 5) is 42.1. The number of furan rings is 1. The van der Waals surface area contributed by atoms with E-state index in [1.807, 2.05) is 12.1 Å². The van der Waals surface area contributed by atoms with Crippen LogP contribution in [0.5, 0.6) is 0 Å². The maximum Gasteiger partial charge on any atom is 0.343 e. The van der Waals surface area contributed by atoms with E-state index >= 15 is 0 Å². The molecule has 0 saturated heterocycles. The predicted molar refractivity (Wildman–Crippen MR) is 91.3 cm³/mol. The number of aryl methyl sites for hydroxylation is 2. The van der Waals surface area contributed by atoms with Crippen molar-refractivity contribution < 1.29 is 18.7 Å². The maximum atomic E-state index is 12.4. The van der Waals surface area contributed by atoms with Crippen molar-refractivity contribution in [2.45, 2.75) is 19.8 Å². The second kappa shape index (κ2) is 8.63. The number of carbonyl (C=O) groups is 2. The third-order valence-electron chi connectivity index (χ3n) is 3.82. The van der Waals surface area contributed by atoms with Gasteiger partial charge in [-0.05, 0) is 6.92 Å². The largest absolute Gasteiger partial charge is 0.452 e. The molecule has 0 aromatic carbocycles. The van der Waals surface area contributed by atoms with E-state index in [-0.39, 0.29) is 48.4 Å². The Balaban J connectivity index is 2.17. The minimum absolute atomic E-state index is 0.0125. The van der Waals surface area contributed by atoms with E-state index in [9.17, 15) is 14.4 Å². The van der Waals surface area contributed by atoms with Gasteiger partial charge in [0.25, 0.3) is 11.5 Å². The molecule has 2 heterocycles. The fourth-order valence-electron chi connectivity index (χ4n) is 2.45. The molecule has 0 fully saturated rings. The van der Waals surface area contributed by atoms with E-state index in [2.05, 4.69) is 4.98 Å². The lowest BCUT2D eigenvalue weighted by atomic mass is 10.2. The van der Waals surface area contributed by atoms with Crippen LogP contribution in [0.2, 0.25) is 0 Å². The Morgan fingerprint density at radius 2 is 1.93 bits per heavy atom. The molecular formula is C17H17N5O5. The maximum absolute atomic E-state index is 12.4. The summed E-state index contributed by atoms with van der Waals surface area (Å²) in [6.07, 6.45) is 1.46. The molecule has 0 spiro atoms. The highest BCUT2D eigenvalue weighted by Gasteiger charge is 2.25. The molecule has 2 rings (SSSR count). The van der Waals surface area contributed by atoms with Gasteiger partial charge in [-0.15, -0.1) is 0 Å². The number of nitrogens with zero attached hydrogens (tertiary/aromatic N) is 5. The number of ether oxygens (including phenoxy) is 1. The number of hydrogen-bond acceptors (Lipinski definition) is 8. The van der Waals surface area contributed by atoms with Crippen molar-refractivity contribution in [2.75, 3.05) is 19.7 Å². The first-order valence-electron chi connectivity index (χ1n) is 8.04. The standard InChI is InChI=1S/C17H17N5O5/c1-11-13(14-15(27-11)20-10-21(2)16(14)24)17(25)26-9-12(23)22(7-3-5-18)8-4-6-19/h10H,3-4,7-9H2,1-2H3. The number of fused-ring (bicyclic) bond motifs is 1. The lowest BCUT2D eigenvalue weighted by Gasteiger charge is -2.20. The van der Waals surface area contributed by atoms with Gasteiger partial charge >= 0.3 is 5.97 Å². The SMILES string of the molecule is Cc1oc2ncn(C)c(=O)c2c1C(=O)OCC(=O)N(CCC#N)CCC#N. The number of carbonyl (C=O) groups excluding carboxylic acids is 2. The number of rotatable bonds is 7. The Kier molecular flexibility index (Phi) is 6.28. The molecule has 2 aromatic rings. The molecule has 0 aliphatic carbocycles. The summed E-state index contributed by atoms with van der Waals surface area (Å²) in [5, 5.41) is 17.3. The summed E-state index contributed by atoms with van der Waals surface area (Å²) in [5.74, 6) is -1.26. The van der Waals surface area contributed by atoms with Gasteiger partial charge in [0.1, 0.15) is 23.0 Å². The highest BCUT2D eigenvalue weighted by atomic mass is 16.5. The fourth-order valence-corrected chi connectivity index (χ4v) is 2.45. The highest BCUT2D eigenvalue weighted by Crippen LogP contribution is 2.21. The monoisotopic (exact) mass is 371 g/mol. The van der Waals surface area contributed by atoms with E-state index in [1.165, 1.54) is 29.8 Å². The van der Waals surface area contributed by atoms with Gasteiger partial charge in [-0.25, -0.2) is 9.78 Å². The van der Waals surface area contributed by atoms with Gasteiger partial charge in [0.15, 0.2) is 6.61 Å². The summed E-state index contributed by atoms with van der Waals surface area (Å²) < 4.78 is 11.6. The molecule has 0 N–H and O–H groups in total. The average Bonchev–Trinajstić information content (AvgIpc) is 2.99. The van der Waals surface area contributed by atoms with Crippen molar-refractivity contribution in [3.8, 4) is 12.1 Å². The minimum Gasteiger partial charge on any atom is -0.452 e. The fraction of sp³-hybridized carbons (Fsp3) is 0.412. The summed E-state index contributed by atoms with van der Waals surface area (Å²) >= 11 is 0. The zero-order valence-electron chi connectivity index (χ0n) is 14.9. The van der Waals surface area contributed by atoms with Crippen LogP contribution in [0.25, 0.3) is 11.1 Å². The van der Waals surface area contributed by atoms with E-state index < -0.39 is 24.0 Å². The Labute approximate surface area is 154 Å². The summed E-state index contributed by atoms with van der Waals surface area (Å²) in [6.45, 7) is 1.17. The molecular weight excluding hydrogens is 354 g/mol. The Hall–Kier alpha value is -3.66. The molecule has 1 amide bonds. The van der Waals surface area contributed by atoms with Crippen LogP contribution in [0, 0.1) is 29.6 Å². The predicted octanol–water partition coefficient (Wildman–Crippen LogP) is 0.648. The molecule has 10 nitrogen and oxygen atoms in total. The van der Waals surface area contributed by atoms with Crippen LogP contribution in [0.3, 0.4) is 0 Å². The molecule has 0 atom stereocenters. The number of hydrogen-bond donors (Lipinski definition) is 0. The first-order valence-corrected chi connectivity index (χ1v) is 8.04. The molecule has 0 bridgehead atoms. The van der Waals surface area contributed by atoms with Crippen LogP contribution in [0.4, 0.5) is 0 Å². The molecule has 10 heteroatoms. The van der Waals surface area contributed by atoms with Crippen molar-refractivity contribution in [3.63, 3.8) is 0 Å². The van der Waals surface area contributed by atoms with E-state index in [1.54, 1.807) is 0 Å². The van der Waals surface area contributed by atoms with Crippen molar-refractivity contribution in [1.29, 1.82) is 10.5 Å². The summed E-state index contributed by atoms with van der Waals surface area (Å²) in [6, 6.07) is 3.83. The van der Waals surface area contributed by atoms with Crippen molar-refractivity contribution in [3.05, 3.63) is 28.0 Å². The van der Waals surface area contributed by atoms with Gasteiger partial charge in [-0.3, -0.25) is 9.59 Å². The summed E-state index contributed by atoms with van der Waals surface area (Å²) in [7, 11) is 1.48.